The van der Waals surface area contributed by atoms with Gasteiger partial charge in [-0.3, -0.25) is 4.79 Å². The van der Waals surface area contributed by atoms with E-state index >= 15 is 0 Å². The van der Waals surface area contributed by atoms with Gasteiger partial charge in [0.15, 0.2) is 0 Å². The molecule has 19 heavy (non-hydrogen) atoms. The summed E-state index contributed by atoms with van der Waals surface area (Å²) < 4.78 is 0. The number of nitrogens with zero attached hydrogens (tertiary/aromatic N) is 1. The number of carbonyl (C=O) groups is 1. The zero-order chi connectivity index (χ0) is 13.8. The van der Waals surface area contributed by atoms with Crippen LogP contribution < -0.4 is 11.1 Å². The zero-order valence-corrected chi connectivity index (χ0v) is 11.9. The summed E-state index contributed by atoms with van der Waals surface area (Å²) >= 11 is 5.82. The van der Waals surface area contributed by atoms with Crippen LogP contribution in [-0.2, 0) is 0 Å². The van der Waals surface area contributed by atoms with Crippen molar-refractivity contribution in [1.29, 1.82) is 0 Å². The lowest BCUT2D eigenvalue weighted by Crippen LogP contribution is -2.39. The Bertz CT molecular complexity index is 464. The number of nitrogens with two attached hydrogens (primary N) is 1. The van der Waals surface area contributed by atoms with E-state index in [1.54, 1.807) is 18.2 Å². The number of nitrogen functional groups attached to an aromatic ring is 1. The van der Waals surface area contributed by atoms with E-state index in [1.807, 2.05) is 0 Å². The van der Waals surface area contributed by atoms with Gasteiger partial charge in [0.2, 0.25) is 0 Å². The lowest BCUT2D eigenvalue weighted by Gasteiger charge is -2.29. The molecule has 1 fully saturated rings. The van der Waals surface area contributed by atoms with Gasteiger partial charge in [-0.1, -0.05) is 11.6 Å². The number of amides is 1. The minimum Gasteiger partial charge on any atom is -0.398 e. The van der Waals surface area contributed by atoms with Gasteiger partial charge in [0.05, 0.1) is 5.56 Å². The maximum absolute atomic E-state index is 12.1. The van der Waals surface area contributed by atoms with Crippen LogP contribution in [0.25, 0.3) is 0 Å². The van der Waals surface area contributed by atoms with Crippen LogP contribution >= 0.6 is 11.6 Å². The number of piperidine rings is 1. The average molecular weight is 282 g/mol. The van der Waals surface area contributed by atoms with Gasteiger partial charge < -0.3 is 16.0 Å². The standard InChI is InChI=1S/C14H20ClN3O/c1-18-6-2-3-10(9-18)8-17-14(19)12-5-4-11(15)7-13(12)16/h4-5,7,10H,2-3,6,8-9,16H2,1H3,(H,17,19). The number of nitrogens with one attached hydrogen (secondary N) is 1. The molecule has 3 N–H and O–H groups in total. The highest BCUT2D eigenvalue weighted by molar-refractivity contribution is 6.31. The molecule has 1 heterocycles. The number of halogens is 1. The van der Waals surface area contributed by atoms with Gasteiger partial charge in [-0.2, -0.15) is 0 Å². The average Bonchev–Trinajstić information content (AvgIpc) is 2.36. The van der Waals surface area contributed by atoms with E-state index < -0.39 is 0 Å². The van der Waals surface area contributed by atoms with Crippen molar-refractivity contribution in [3.8, 4) is 0 Å². The van der Waals surface area contributed by atoms with E-state index in [0.29, 0.717) is 28.7 Å². The second-order valence-corrected chi connectivity index (χ2v) is 5.65. The summed E-state index contributed by atoms with van der Waals surface area (Å²) in [5.41, 5.74) is 6.72. The smallest absolute Gasteiger partial charge is 0.253 e. The van der Waals surface area contributed by atoms with Gasteiger partial charge in [0.25, 0.3) is 5.91 Å². The van der Waals surface area contributed by atoms with Crippen molar-refractivity contribution in [2.45, 2.75) is 12.8 Å². The van der Waals surface area contributed by atoms with Crippen molar-refractivity contribution in [1.82, 2.24) is 10.2 Å². The topological polar surface area (TPSA) is 58.4 Å². The molecule has 0 bridgehead atoms. The first kappa shape index (κ1) is 14.2. The van der Waals surface area contributed by atoms with Crippen LogP contribution in [0.1, 0.15) is 23.2 Å². The van der Waals surface area contributed by atoms with Crippen LogP contribution in [-0.4, -0.2) is 37.5 Å². The highest BCUT2D eigenvalue weighted by Gasteiger charge is 2.18. The third-order valence-electron chi connectivity index (χ3n) is 3.53. The highest BCUT2D eigenvalue weighted by atomic mass is 35.5. The van der Waals surface area contributed by atoms with Crippen LogP contribution in [0.2, 0.25) is 5.02 Å². The number of benzene rings is 1. The molecule has 0 spiro atoms. The molecule has 104 valence electrons. The molecule has 0 saturated carbocycles. The summed E-state index contributed by atoms with van der Waals surface area (Å²) in [6.45, 7) is 2.89. The second kappa shape index (κ2) is 6.26. The first-order valence-electron chi connectivity index (χ1n) is 6.58. The van der Waals surface area contributed by atoms with Gasteiger partial charge in [0, 0.05) is 23.8 Å². The summed E-state index contributed by atoms with van der Waals surface area (Å²) in [6.07, 6.45) is 2.36. The summed E-state index contributed by atoms with van der Waals surface area (Å²) in [5.74, 6) is 0.401. The number of rotatable bonds is 3. The summed E-state index contributed by atoms with van der Waals surface area (Å²) in [4.78, 5) is 14.4. The summed E-state index contributed by atoms with van der Waals surface area (Å²) in [5, 5.41) is 3.51. The molecule has 1 aliphatic rings. The normalized spacial score (nSPS) is 20.2. The molecule has 1 unspecified atom stereocenters. The molecule has 0 aliphatic carbocycles. The number of likely N-dealkylation sites (tertiary alicyclic amines) is 1. The van der Waals surface area contributed by atoms with E-state index in [2.05, 4.69) is 17.3 Å². The first-order chi connectivity index (χ1) is 9.06. The Hall–Kier alpha value is -1.26. The lowest BCUT2D eigenvalue weighted by molar-refractivity contribution is 0.0937. The Morgan fingerprint density at radius 1 is 1.58 bits per heavy atom. The van der Waals surface area contributed by atoms with Gasteiger partial charge >= 0.3 is 0 Å². The van der Waals surface area contributed by atoms with E-state index in [0.717, 1.165) is 13.1 Å². The fraction of sp³-hybridized carbons (Fsp3) is 0.500. The lowest BCUT2D eigenvalue weighted by atomic mass is 9.98. The Balaban J connectivity index is 1.90. The molecule has 2 rings (SSSR count). The predicted molar refractivity (Wildman–Crippen MR) is 78.4 cm³/mol. The SMILES string of the molecule is CN1CCCC(CNC(=O)c2ccc(Cl)cc2N)C1. The number of anilines is 1. The Kier molecular flexibility index (Phi) is 4.66. The zero-order valence-electron chi connectivity index (χ0n) is 11.2. The van der Waals surface area contributed by atoms with Crippen LogP contribution in [0, 0.1) is 5.92 Å². The maximum Gasteiger partial charge on any atom is 0.253 e. The van der Waals surface area contributed by atoms with Gasteiger partial charge in [-0.25, -0.2) is 0 Å². The summed E-state index contributed by atoms with van der Waals surface area (Å²) in [6, 6.07) is 4.95. The molecule has 1 aliphatic heterocycles. The third kappa shape index (κ3) is 3.85. The van der Waals surface area contributed by atoms with Crippen LogP contribution in [0.5, 0.6) is 0 Å². The van der Waals surface area contributed by atoms with Crippen molar-refractivity contribution >= 4 is 23.2 Å². The van der Waals surface area contributed by atoms with Crippen LogP contribution in [0.3, 0.4) is 0 Å². The molecule has 1 aromatic carbocycles. The van der Waals surface area contributed by atoms with Gasteiger partial charge in [0.1, 0.15) is 0 Å². The van der Waals surface area contributed by atoms with Gasteiger partial charge in [-0.15, -0.1) is 0 Å². The molecule has 5 heteroatoms. The highest BCUT2D eigenvalue weighted by Crippen LogP contribution is 2.18. The van der Waals surface area contributed by atoms with Crippen molar-refractivity contribution < 1.29 is 4.79 Å². The Morgan fingerprint density at radius 3 is 3.05 bits per heavy atom. The minimum absolute atomic E-state index is 0.123. The number of hydrogen-bond acceptors (Lipinski definition) is 3. The number of carbonyl (C=O) groups excluding carboxylic acids is 1. The minimum atomic E-state index is -0.123. The van der Waals surface area contributed by atoms with Crippen molar-refractivity contribution in [3.63, 3.8) is 0 Å². The monoisotopic (exact) mass is 281 g/mol. The summed E-state index contributed by atoms with van der Waals surface area (Å²) in [7, 11) is 2.12. The number of hydrogen-bond donors (Lipinski definition) is 2. The molecule has 0 aromatic heterocycles. The molecule has 0 radical (unpaired) electrons. The molecule has 1 atom stereocenters. The van der Waals surface area contributed by atoms with Crippen LogP contribution in [0.15, 0.2) is 18.2 Å². The second-order valence-electron chi connectivity index (χ2n) is 5.21. The Morgan fingerprint density at radius 2 is 2.37 bits per heavy atom. The van der Waals surface area contributed by atoms with E-state index in [-0.39, 0.29) is 5.91 Å². The van der Waals surface area contributed by atoms with Crippen molar-refractivity contribution in [3.05, 3.63) is 28.8 Å². The third-order valence-corrected chi connectivity index (χ3v) is 3.77. The van der Waals surface area contributed by atoms with E-state index in [9.17, 15) is 4.79 Å². The fourth-order valence-corrected chi connectivity index (χ4v) is 2.69. The fourth-order valence-electron chi connectivity index (χ4n) is 2.51. The quantitative estimate of drug-likeness (QED) is 0.833. The van der Waals surface area contributed by atoms with Crippen molar-refractivity contribution in [2.75, 3.05) is 32.4 Å². The molecule has 1 aromatic rings. The van der Waals surface area contributed by atoms with Gasteiger partial charge in [-0.05, 0) is 50.6 Å². The molecular weight excluding hydrogens is 262 g/mol. The van der Waals surface area contributed by atoms with Crippen molar-refractivity contribution in [2.24, 2.45) is 5.92 Å². The van der Waals surface area contributed by atoms with E-state index in [1.165, 1.54) is 12.8 Å². The largest absolute Gasteiger partial charge is 0.398 e. The molecule has 1 amide bonds. The molecular formula is C14H20ClN3O. The molecule has 4 nitrogen and oxygen atoms in total. The Labute approximate surface area is 118 Å². The predicted octanol–water partition coefficient (Wildman–Crippen LogP) is 1.99. The first-order valence-corrected chi connectivity index (χ1v) is 6.96. The van der Waals surface area contributed by atoms with Crippen LogP contribution in [0.4, 0.5) is 5.69 Å². The maximum atomic E-state index is 12.1. The molecule has 1 saturated heterocycles. The van der Waals surface area contributed by atoms with E-state index in [4.69, 9.17) is 17.3 Å².